The number of methoxy groups -OCH3 is 2. The Morgan fingerprint density at radius 1 is 0.527 bits per heavy atom. The van der Waals surface area contributed by atoms with Crippen molar-refractivity contribution in [3.8, 4) is 28.7 Å². The SMILES string of the molecule is COc1cc(C(=O)Nc2ccc3c(OCCCS(=O)(=O)O)cc(S(=O)(=O)O)cc3c2)ccc1N=Nc1ccc(N=Nc2cc(OC)c(N=Nc3c(S(=O)(=O)O)cc4cc(-n5nc6ccc7c(S(=O)(=O)O)cc(S(=O)(=O)O)cc7c6n5)ccc4c3O)cc2C)cc1C. The van der Waals surface area contributed by atoms with Crippen molar-refractivity contribution in [1.29, 1.82) is 0 Å². The number of rotatable bonds is 20. The van der Waals surface area contributed by atoms with E-state index in [4.69, 9.17) is 18.8 Å². The van der Waals surface area contributed by atoms with E-state index in [2.05, 4.69) is 46.2 Å². The Morgan fingerprint density at radius 3 is 1.84 bits per heavy atom. The molecule has 9 aromatic carbocycles. The van der Waals surface area contributed by atoms with Gasteiger partial charge in [0.25, 0.3) is 56.5 Å². The van der Waals surface area contributed by atoms with Crippen LogP contribution in [0.3, 0.4) is 0 Å². The predicted molar refractivity (Wildman–Crippen MR) is 328 cm³/mol. The largest absolute Gasteiger partial charge is 0.505 e. The lowest BCUT2D eigenvalue weighted by Crippen LogP contribution is -2.12. The number of anilines is 1. The van der Waals surface area contributed by atoms with Crippen LogP contribution in [0.4, 0.5) is 39.8 Å². The van der Waals surface area contributed by atoms with Gasteiger partial charge in [0, 0.05) is 44.9 Å². The molecule has 0 unspecified atom stereocenters. The van der Waals surface area contributed by atoms with Crippen LogP contribution in [-0.4, -0.2) is 117 Å². The van der Waals surface area contributed by atoms with E-state index in [1.807, 2.05) is 0 Å². The number of hydrogen-bond acceptors (Lipinski definition) is 23. The third kappa shape index (κ3) is 14.1. The quantitative estimate of drug-likeness (QED) is 0.0212. The first kappa shape index (κ1) is 64.2. The summed E-state index contributed by atoms with van der Waals surface area (Å²) in [5.41, 5.74) is 2.51. The van der Waals surface area contributed by atoms with Crippen molar-refractivity contribution in [3.05, 3.63) is 144 Å². The molecule has 0 atom stereocenters. The van der Waals surface area contributed by atoms with Crippen LogP contribution in [0.15, 0.2) is 178 Å². The number of benzene rings is 9. The molecule has 7 N–H and O–H groups in total. The summed E-state index contributed by atoms with van der Waals surface area (Å²) in [6.45, 7) is 3.22. The molecule has 1 aromatic heterocycles. The van der Waals surface area contributed by atoms with E-state index in [9.17, 15) is 70.2 Å². The number of aryl methyl sites for hydroxylation is 2. The van der Waals surface area contributed by atoms with E-state index in [0.29, 0.717) is 39.6 Å². The number of ether oxygens (including phenoxy) is 3. The average molecular weight is 1340 g/mol. The number of phenolic OH excluding ortho intramolecular Hbond substituents is 1. The van der Waals surface area contributed by atoms with Crippen molar-refractivity contribution < 1.29 is 89.0 Å². The molecule has 10 aromatic rings. The highest BCUT2D eigenvalue weighted by Gasteiger charge is 2.26. The molecule has 1 heterocycles. The molecule has 35 heteroatoms. The average Bonchev–Trinajstić information content (AvgIpc) is 1.74. The fraction of sp³-hybridized carbons (Fsp3) is 0.125. The molecule has 0 spiro atoms. The summed E-state index contributed by atoms with van der Waals surface area (Å²) in [4.78, 5) is 11.5. The topological polar surface area (TPSA) is 454 Å². The number of carbonyl (C=O) groups excluding carboxylic acids is 1. The smallest absolute Gasteiger partial charge is 0.296 e. The summed E-state index contributed by atoms with van der Waals surface area (Å²) in [6.07, 6.45) is -0.116. The van der Waals surface area contributed by atoms with Crippen LogP contribution < -0.4 is 19.5 Å². The summed E-state index contributed by atoms with van der Waals surface area (Å²) in [5.74, 6) is -1.62. The highest BCUT2D eigenvalue weighted by Crippen LogP contribution is 2.44. The van der Waals surface area contributed by atoms with E-state index in [1.54, 1.807) is 32.0 Å². The Kier molecular flexibility index (Phi) is 17.3. The molecule has 0 aliphatic heterocycles. The third-order valence-corrected chi connectivity index (χ3v) is 17.9. The van der Waals surface area contributed by atoms with Crippen LogP contribution in [0.5, 0.6) is 23.0 Å². The number of hydrogen-bond donors (Lipinski definition) is 7. The second-order valence-corrected chi connectivity index (χ2v) is 27.1. The molecule has 10 rings (SSSR count). The molecule has 470 valence electrons. The standard InChI is InChI=1S/C56H46N10O20S5/c1-29-18-35(8-14-43(29)59-60-44-13-6-31(23-49(44)84-3)56(68)57-34-7-10-39-32(20-34)22-37(88(72,73)74)26-48(39)86-16-5-17-87(69,70)71)58-61-46-28-50(85-4)47(19-30(46)2)62-63-54-52(91(81,82)83)24-33-21-36(9-11-40(33)55(54)67)66-64-45-15-12-41-42(53(45)65-66)25-38(89(75,76)77)27-51(41)90(78,79)80/h6-15,18-28,67H,5,16-17H2,1-4H3,(H,57,68)(H,69,70,71)(H,72,73,74)(H,75,76,77)(H,78,79,80)(H,81,82,83). The molecule has 0 radical (unpaired) electrons. The number of nitrogens with one attached hydrogen (secondary N) is 1. The van der Waals surface area contributed by atoms with Crippen LogP contribution >= 0.6 is 0 Å². The zero-order valence-electron chi connectivity index (χ0n) is 47.2. The Hall–Kier alpha value is -9.82. The molecular formula is C56H46N10O20S5. The van der Waals surface area contributed by atoms with Gasteiger partial charge in [0.2, 0.25) is 0 Å². The zero-order valence-corrected chi connectivity index (χ0v) is 51.3. The number of aromatic nitrogens is 3. The number of fused-ring (bicyclic) bond motifs is 5. The summed E-state index contributed by atoms with van der Waals surface area (Å²) < 4.78 is 186. The van der Waals surface area contributed by atoms with Crippen LogP contribution in [0.2, 0.25) is 0 Å². The molecule has 0 bridgehead atoms. The van der Waals surface area contributed by atoms with Crippen LogP contribution in [0, 0.1) is 13.8 Å². The first-order valence-corrected chi connectivity index (χ1v) is 33.4. The van der Waals surface area contributed by atoms with Crippen molar-refractivity contribution in [2.24, 2.45) is 30.7 Å². The number of nitrogens with zero attached hydrogens (tertiary/aromatic N) is 9. The summed E-state index contributed by atoms with van der Waals surface area (Å²) in [7, 11) is -21.4. The zero-order chi connectivity index (χ0) is 65.7. The minimum Gasteiger partial charge on any atom is -0.505 e. The van der Waals surface area contributed by atoms with Crippen molar-refractivity contribution >= 4 is 140 Å². The lowest BCUT2D eigenvalue weighted by atomic mass is 10.1. The van der Waals surface area contributed by atoms with E-state index >= 15 is 0 Å². The number of azo groups is 3. The molecule has 30 nitrogen and oxygen atoms in total. The highest BCUT2D eigenvalue weighted by atomic mass is 32.2. The second kappa shape index (κ2) is 24.5. The second-order valence-electron chi connectivity index (χ2n) is 19.9. The van der Waals surface area contributed by atoms with Gasteiger partial charge in [-0.1, -0.05) is 6.07 Å². The van der Waals surface area contributed by atoms with E-state index in [-0.39, 0.29) is 96.6 Å². The number of phenols is 1. The molecule has 0 aliphatic rings. The lowest BCUT2D eigenvalue weighted by molar-refractivity contribution is 0.102. The van der Waals surface area contributed by atoms with Gasteiger partial charge in [-0.3, -0.25) is 27.6 Å². The Bertz CT molecular complexity index is 5420. The predicted octanol–water partition coefficient (Wildman–Crippen LogP) is 11.4. The first-order chi connectivity index (χ1) is 42.8. The molecule has 0 aliphatic carbocycles. The van der Waals surface area contributed by atoms with Crippen molar-refractivity contribution in [1.82, 2.24) is 15.0 Å². The maximum atomic E-state index is 13.5. The molecule has 0 fully saturated rings. The van der Waals surface area contributed by atoms with Gasteiger partial charge in [-0.25, -0.2) is 0 Å². The van der Waals surface area contributed by atoms with Crippen molar-refractivity contribution in [2.75, 3.05) is 31.9 Å². The molecule has 0 saturated heterocycles. The molecular weight excluding hydrogens is 1290 g/mol. The van der Waals surface area contributed by atoms with Gasteiger partial charge in [0.1, 0.15) is 55.1 Å². The number of aromatic hydroxyl groups is 1. The Labute approximate surface area is 515 Å². The number of carbonyl (C=O) groups is 1. The van der Waals surface area contributed by atoms with Gasteiger partial charge < -0.3 is 24.6 Å². The van der Waals surface area contributed by atoms with Crippen molar-refractivity contribution in [2.45, 2.75) is 39.9 Å². The maximum Gasteiger partial charge on any atom is 0.296 e. The monoisotopic (exact) mass is 1340 g/mol. The minimum absolute atomic E-state index is 0.000277. The van der Waals surface area contributed by atoms with Crippen LogP contribution in [-0.2, 0) is 50.6 Å². The fourth-order valence-corrected chi connectivity index (χ4v) is 12.3. The van der Waals surface area contributed by atoms with Crippen LogP contribution in [0.1, 0.15) is 27.9 Å². The Morgan fingerprint density at radius 2 is 1.15 bits per heavy atom. The number of amides is 1. The summed E-state index contributed by atoms with van der Waals surface area (Å²) in [6, 6.07) is 28.3. The van der Waals surface area contributed by atoms with Gasteiger partial charge in [0.15, 0.2) is 5.75 Å². The van der Waals surface area contributed by atoms with Gasteiger partial charge in [-0.2, -0.15) is 62.2 Å². The van der Waals surface area contributed by atoms with Gasteiger partial charge in [-0.15, -0.1) is 25.5 Å². The molecule has 1 amide bonds. The van der Waals surface area contributed by atoms with Gasteiger partial charge >= 0.3 is 0 Å². The highest BCUT2D eigenvalue weighted by molar-refractivity contribution is 7.87. The normalized spacial score (nSPS) is 12.8. The molecule has 0 saturated carbocycles. The van der Waals surface area contributed by atoms with Crippen LogP contribution in [0.25, 0.3) is 49.0 Å². The Balaban J connectivity index is 0.839. The fourth-order valence-electron chi connectivity index (χ4n) is 9.32. The molecule has 91 heavy (non-hydrogen) atoms. The van der Waals surface area contributed by atoms with Gasteiger partial charge in [0.05, 0.1) is 59.1 Å². The summed E-state index contributed by atoms with van der Waals surface area (Å²) >= 11 is 0. The van der Waals surface area contributed by atoms with E-state index < -0.39 is 93.3 Å². The first-order valence-electron chi connectivity index (χ1n) is 26.0. The van der Waals surface area contributed by atoms with Crippen molar-refractivity contribution in [3.63, 3.8) is 0 Å². The van der Waals surface area contributed by atoms with E-state index in [1.165, 1.54) is 99.1 Å². The minimum atomic E-state index is -5.13. The third-order valence-electron chi connectivity index (χ3n) is 13.7. The van der Waals surface area contributed by atoms with E-state index in [0.717, 1.165) is 23.0 Å². The lowest BCUT2D eigenvalue weighted by Gasteiger charge is -2.13. The summed E-state index contributed by atoms with van der Waals surface area (Å²) in [5, 5.41) is 49.0. The maximum absolute atomic E-state index is 13.5. The van der Waals surface area contributed by atoms with Gasteiger partial charge in [-0.05, 0) is 151 Å².